The molecule has 0 atom stereocenters. The number of hydrogen-bond acceptors (Lipinski definition) is 3. The average Bonchev–Trinajstić information content (AvgIpc) is 2.70. The highest BCUT2D eigenvalue weighted by atomic mass is 19.1. The van der Waals surface area contributed by atoms with Crippen LogP contribution < -0.4 is 4.74 Å². The van der Waals surface area contributed by atoms with Gasteiger partial charge >= 0.3 is 0 Å². The zero-order valence-corrected chi connectivity index (χ0v) is 16.2. The Morgan fingerprint density at radius 3 is 2.25 bits per heavy atom. The van der Waals surface area contributed by atoms with Crippen molar-refractivity contribution in [2.24, 2.45) is 0 Å². The van der Waals surface area contributed by atoms with Crippen LogP contribution in [0.2, 0.25) is 0 Å². The Kier molecular flexibility index (Phi) is 6.80. The van der Waals surface area contributed by atoms with Crippen molar-refractivity contribution in [1.29, 1.82) is 0 Å². The minimum atomic E-state index is -0.301. The maximum Gasteiger partial charge on any atom is 0.131 e. The molecule has 0 amide bonds. The summed E-state index contributed by atoms with van der Waals surface area (Å²) in [5, 5.41) is 9.19. The molecule has 0 bridgehead atoms. The molecule has 3 nitrogen and oxygen atoms in total. The smallest absolute Gasteiger partial charge is 0.131 e. The highest BCUT2D eigenvalue weighted by Crippen LogP contribution is 2.35. The molecule has 0 unspecified atom stereocenters. The fourth-order valence-electron chi connectivity index (χ4n) is 3.09. The maximum atomic E-state index is 15.0. The number of methoxy groups -OCH3 is 1. The zero-order chi connectivity index (χ0) is 19.9. The Balaban J connectivity index is 1.96. The normalized spacial score (nSPS) is 10.9. The summed E-state index contributed by atoms with van der Waals surface area (Å²) in [6, 6.07) is 18.9. The van der Waals surface area contributed by atoms with Gasteiger partial charge in [0.05, 0.1) is 6.61 Å². The van der Waals surface area contributed by atoms with Gasteiger partial charge in [-0.3, -0.25) is 0 Å². The van der Waals surface area contributed by atoms with Gasteiger partial charge in [-0.2, -0.15) is 0 Å². The third-order valence-corrected chi connectivity index (χ3v) is 4.64. The summed E-state index contributed by atoms with van der Waals surface area (Å²) in [5.41, 5.74) is 5.09. The van der Waals surface area contributed by atoms with Crippen LogP contribution in [0.5, 0.6) is 5.75 Å². The number of hydrogen-bond donors (Lipinski definition) is 1. The van der Waals surface area contributed by atoms with Gasteiger partial charge in [0.2, 0.25) is 0 Å². The molecule has 0 radical (unpaired) electrons. The van der Waals surface area contributed by atoms with Crippen molar-refractivity contribution >= 4 is 0 Å². The molecule has 0 saturated heterocycles. The molecule has 28 heavy (non-hydrogen) atoms. The quantitative estimate of drug-likeness (QED) is 0.557. The van der Waals surface area contributed by atoms with Crippen molar-refractivity contribution in [2.75, 3.05) is 26.9 Å². The number of aliphatic hydroxyl groups excluding tert-OH is 1. The van der Waals surface area contributed by atoms with Crippen molar-refractivity contribution in [1.82, 2.24) is 0 Å². The molecule has 0 spiro atoms. The highest BCUT2D eigenvalue weighted by Gasteiger charge is 2.13. The Bertz CT molecular complexity index is 920. The summed E-state index contributed by atoms with van der Waals surface area (Å²) in [6.07, 6.45) is 0.524. The third kappa shape index (κ3) is 4.77. The van der Waals surface area contributed by atoms with E-state index in [2.05, 4.69) is 0 Å². The second kappa shape index (κ2) is 9.49. The Morgan fingerprint density at radius 2 is 1.57 bits per heavy atom. The van der Waals surface area contributed by atoms with E-state index in [1.807, 2.05) is 55.5 Å². The van der Waals surface area contributed by atoms with Crippen LogP contribution in [-0.2, 0) is 11.2 Å². The van der Waals surface area contributed by atoms with Crippen molar-refractivity contribution in [3.63, 3.8) is 0 Å². The van der Waals surface area contributed by atoms with Gasteiger partial charge in [0, 0.05) is 24.8 Å². The number of aryl methyl sites for hydroxylation is 1. The molecule has 4 heteroatoms. The summed E-state index contributed by atoms with van der Waals surface area (Å²) in [4.78, 5) is 0. The minimum Gasteiger partial charge on any atom is -0.491 e. The van der Waals surface area contributed by atoms with Gasteiger partial charge in [-0.1, -0.05) is 54.1 Å². The highest BCUT2D eigenvalue weighted by molar-refractivity contribution is 5.75. The van der Waals surface area contributed by atoms with Crippen LogP contribution in [0.15, 0.2) is 60.7 Å². The first-order valence-corrected chi connectivity index (χ1v) is 9.35. The van der Waals surface area contributed by atoms with E-state index >= 15 is 0 Å². The minimum absolute atomic E-state index is 0.0520. The Hall–Kier alpha value is -2.69. The standard InChI is InChI=1S/C24H25FO3/c1-17-3-6-19(7-4-17)20-8-10-21(23(25)16-20)22-9-5-18(11-12-26)15-24(22)28-14-13-27-2/h3-10,15-16,26H,11-14H2,1-2H3. The van der Waals surface area contributed by atoms with Crippen molar-refractivity contribution < 1.29 is 19.0 Å². The number of benzene rings is 3. The molecule has 0 heterocycles. The Morgan fingerprint density at radius 1 is 0.857 bits per heavy atom. The predicted octanol–water partition coefficient (Wildman–Crippen LogP) is 5.03. The molecule has 0 aliphatic rings. The van der Waals surface area contributed by atoms with E-state index in [4.69, 9.17) is 9.47 Å². The van der Waals surface area contributed by atoms with Crippen LogP contribution in [0, 0.1) is 12.7 Å². The van der Waals surface area contributed by atoms with E-state index in [1.54, 1.807) is 19.2 Å². The van der Waals surface area contributed by atoms with Gasteiger partial charge in [-0.15, -0.1) is 0 Å². The molecule has 146 valence electrons. The second-order valence-electron chi connectivity index (χ2n) is 6.71. The monoisotopic (exact) mass is 380 g/mol. The lowest BCUT2D eigenvalue weighted by atomic mass is 9.97. The SMILES string of the molecule is COCCOc1cc(CCO)ccc1-c1ccc(-c2ccc(C)cc2)cc1F. The fraction of sp³-hybridized carbons (Fsp3) is 0.250. The molecule has 3 aromatic rings. The van der Waals surface area contributed by atoms with Crippen molar-refractivity contribution in [3.05, 3.63) is 77.6 Å². The van der Waals surface area contributed by atoms with Crippen molar-refractivity contribution in [3.8, 4) is 28.0 Å². The molecule has 0 fully saturated rings. The summed E-state index contributed by atoms with van der Waals surface area (Å²) in [7, 11) is 1.61. The van der Waals surface area contributed by atoms with E-state index < -0.39 is 0 Å². The topological polar surface area (TPSA) is 38.7 Å². The molecular weight excluding hydrogens is 355 g/mol. The summed E-state index contributed by atoms with van der Waals surface area (Å²) >= 11 is 0. The molecule has 0 saturated carbocycles. The molecule has 0 aromatic heterocycles. The maximum absolute atomic E-state index is 15.0. The number of aliphatic hydroxyl groups is 1. The summed E-state index contributed by atoms with van der Waals surface area (Å²) in [6.45, 7) is 2.89. The van der Waals surface area contributed by atoms with Gasteiger partial charge in [0.25, 0.3) is 0 Å². The largest absolute Gasteiger partial charge is 0.491 e. The first kappa shape index (κ1) is 20.1. The molecular formula is C24H25FO3. The van der Waals surface area contributed by atoms with E-state index in [9.17, 15) is 9.50 Å². The van der Waals surface area contributed by atoms with E-state index in [0.29, 0.717) is 36.5 Å². The van der Waals surface area contributed by atoms with Crippen LogP contribution >= 0.6 is 0 Å². The van der Waals surface area contributed by atoms with E-state index in [1.165, 1.54) is 5.56 Å². The van der Waals surface area contributed by atoms with Crippen LogP contribution in [0.3, 0.4) is 0 Å². The van der Waals surface area contributed by atoms with Crippen LogP contribution in [-0.4, -0.2) is 32.0 Å². The molecule has 3 aromatic carbocycles. The molecule has 0 aliphatic heterocycles. The fourth-order valence-corrected chi connectivity index (χ4v) is 3.09. The Labute approximate surface area is 165 Å². The molecule has 3 rings (SSSR count). The van der Waals surface area contributed by atoms with Crippen LogP contribution in [0.25, 0.3) is 22.3 Å². The van der Waals surface area contributed by atoms with E-state index in [0.717, 1.165) is 16.7 Å². The van der Waals surface area contributed by atoms with Crippen molar-refractivity contribution in [2.45, 2.75) is 13.3 Å². The number of ether oxygens (including phenoxy) is 2. The summed E-state index contributed by atoms with van der Waals surface area (Å²) < 4.78 is 25.9. The second-order valence-corrected chi connectivity index (χ2v) is 6.71. The molecule has 1 N–H and O–H groups in total. The number of rotatable bonds is 8. The predicted molar refractivity (Wildman–Crippen MR) is 110 cm³/mol. The number of halogens is 1. The summed E-state index contributed by atoms with van der Waals surface area (Å²) in [5.74, 6) is 0.287. The van der Waals surface area contributed by atoms with Gasteiger partial charge in [0.1, 0.15) is 18.2 Å². The van der Waals surface area contributed by atoms with Crippen LogP contribution in [0.4, 0.5) is 4.39 Å². The van der Waals surface area contributed by atoms with Crippen LogP contribution in [0.1, 0.15) is 11.1 Å². The van der Waals surface area contributed by atoms with Gasteiger partial charge in [-0.25, -0.2) is 4.39 Å². The lowest BCUT2D eigenvalue weighted by Crippen LogP contribution is -2.06. The van der Waals surface area contributed by atoms with E-state index in [-0.39, 0.29) is 12.4 Å². The lowest BCUT2D eigenvalue weighted by Gasteiger charge is -2.14. The van der Waals surface area contributed by atoms with Gasteiger partial charge in [0.15, 0.2) is 0 Å². The van der Waals surface area contributed by atoms with Gasteiger partial charge in [-0.05, 0) is 42.2 Å². The third-order valence-electron chi connectivity index (χ3n) is 4.64. The molecule has 0 aliphatic carbocycles. The first-order valence-electron chi connectivity index (χ1n) is 9.35. The first-order chi connectivity index (χ1) is 13.6. The average molecular weight is 380 g/mol. The zero-order valence-electron chi connectivity index (χ0n) is 16.2. The lowest BCUT2D eigenvalue weighted by molar-refractivity contribution is 0.146. The van der Waals surface area contributed by atoms with Gasteiger partial charge < -0.3 is 14.6 Å².